The third-order valence-electron chi connectivity index (χ3n) is 5.36. The molecule has 0 unspecified atom stereocenters. The number of aromatic nitrogens is 2. The fourth-order valence-corrected chi connectivity index (χ4v) is 5.03. The normalized spacial score (nSPS) is 16.7. The number of rotatable bonds is 3. The molecular formula is C20H27N3O3S. The molecule has 6 nitrogen and oxygen atoms in total. The van der Waals surface area contributed by atoms with Crippen LogP contribution in [0.5, 0.6) is 0 Å². The predicted molar refractivity (Wildman–Crippen MR) is 107 cm³/mol. The van der Waals surface area contributed by atoms with Crippen molar-refractivity contribution in [2.45, 2.75) is 47.0 Å². The zero-order valence-corrected chi connectivity index (χ0v) is 17.6. The number of esters is 1. The number of hydrogen-bond acceptors (Lipinski definition) is 5. The molecule has 27 heavy (non-hydrogen) atoms. The van der Waals surface area contributed by atoms with Crippen molar-refractivity contribution < 1.29 is 14.3 Å². The number of fused-ring (bicyclic) bond motifs is 1. The number of thiophene rings is 1. The van der Waals surface area contributed by atoms with Gasteiger partial charge in [0.15, 0.2) is 0 Å². The van der Waals surface area contributed by atoms with E-state index in [2.05, 4.69) is 31.2 Å². The molecule has 0 aromatic carbocycles. The van der Waals surface area contributed by atoms with Gasteiger partial charge in [-0.1, -0.05) is 20.8 Å². The molecule has 1 N–H and O–H groups in total. The third kappa shape index (κ3) is 3.78. The first-order valence-electron chi connectivity index (χ1n) is 9.16. The van der Waals surface area contributed by atoms with Gasteiger partial charge in [0, 0.05) is 18.1 Å². The standard InChI is InChI=1S/C20H27N3O3S/c1-11-14(10-23(5)22-11)17(24)21-18-16(19(25)26-6)13-8-7-12(20(2,3)4)9-15(13)27-18/h10,12H,7-9H2,1-6H3,(H,21,24)/t12-/m1/s1. The Morgan fingerprint density at radius 3 is 2.63 bits per heavy atom. The minimum absolute atomic E-state index is 0.212. The van der Waals surface area contributed by atoms with Gasteiger partial charge in [0.25, 0.3) is 5.91 Å². The molecule has 1 aliphatic rings. The number of carbonyl (C=O) groups is 2. The molecule has 0 aliphatic heterocycles. The zero-order valence-electron chi connectivity index (χ0n) is 16.8. The Hall–Kier alpha value is -2.15. The van der Waals surface area contributed by atoms with E-state index in [1.807, 2.05) is 0 Å². The molecule has 2 aromatic rings. The van der Waals surface area contributed by atoms with Crippen molar-refractivity contribution in [1.82, 2.24) is 9.78 Å². The van der Waals surface area contributed by atoms with E-state index >= 15 is 0 Å². The van der Waals surface area contributed by atoms with Crippen LogP contribution in [0.2, 0.25) is 0 Å². The lowest BCUT2D eigenvalue weighted by Gasteiger charge is -2.33. The molecule has 2 heterocycles. The Kier molecular flexibility index (Phi) is 5.16. The Morgan fingerprint density at radius 2 is 2.07 bits per heavy atom. The van der Waals surface area contributed by atoms with Gasteiger partial charge in [-0.3, -0.25) is 9.48 Å². The number of methoxy groups -OCH3 is 1. The van der Waals surface area contributed by atoms with Crippen LogP contribution in [-0.4, -0.2) is 28.8 Å². The summed E-state index contributed by atoms with van der Waals surface area (Å²) in [4.78, 5) is 26.4. The average molecular weight is 390 g/mol. The number of nitrogens with zero attached hydrogens (tertiary/aromatic N) is 2. The molecule has 1 aliphatic carbocycles. The van der Waals surface area contributed by atoms with Crippen molar-refractivity contribution in [2.24, 2.45) is 18.4 Å². The van der Waals surface area contributed by atoms with E-state index in [0.717, 1.165) is 24.8 Å². The van der Waals surface area contributed by atoms with Crippen LogP contribution in [0.1, 0.15) is 64.0 Å². The third-order valence-corrected chi connectivity index (χ3v) is 6.53. The number of ether oxygens (including phenoxy) is 1. The fourth-order valence-electron chi connectivity index (χ4n) is 3.72. The van der Waals surface area contributed by atoms with Gasteiger partial charge in [0.2, 0.25) is 0 Å². The van der Waals surface area contributed by atoms with Crippen molar-refractivity contribution in [3.05, 3.63) is 33.5 Å². The molecule has 3 rings (SSSR count). The number of aryl methyl sites for hydroxylation is 2. The Morgan fingerprint density at radius 1 is 1.37 bits per heavy atom. The highest BCUT2D eigenvalue weighted by atomic mass is 32.1. The fraction of sp³-hybridized carbons (Fsp3) is 0.550. The molecular weight excluding hydrogens is 362 g/mol. The van der Waals surface area contributed by atoms with Crippen LogP contribution in [0, 0.1) is 18.3 Å². The molecule has 0 radical (unpaired) electrons. The average Bonchev–Trinajstić information content (AvgIpc) is 3.11. The summed E-state index contributed by atoms with van der Waals surface area (Å²) >= 11 is 1.50. The van der Waals surface area contributed by atoms with Crippen LogP contribution in [-0.2, 0) is 24.6 Å². The predicted octanol–water partition coefficient (Wildman–Crippen LogP) is 3.98. The summed E-state index contributed by atoms with van der Waals surface area (Å²) in [5.74, 6) is -0.0881. The minimum Gasteiger partial charge on any atom is -0.465 e. The van der Waals surface area contributed by atoms with E-state index in [-0.39, 0.29) is 17.3 Å². The maximum Gasteiger partial charge on any atom is 0.341 e. The lowest BCUT2D eigenvalue weighted by atomic mass is 9.72. The lowest BCUT2D eigenvalue weighted by Crippen LogP contribution is -2.26. The largest absolute Gasteiger partial charge is 0.465 e. The van der Waals surface area contributed by atoms with Crippen molar-refractivity contribution in [3.63, 3.8) is 0 Å². The molecule has 146 valence electrons. The van der Waals surface area contributed by atoms with Gasteiger partial charge >= 0.3 is 5.97 Å². The van der Waals surface area contributed by atoms with Gasteiger partial charge in [-0.2, -0.15) is 5.10 Å². The summed E-state index contributed by atoms with van der Waals surface area (Å²) < 4.78 is 6.62. The van der Waals surface area contributed by atoms with Crippen LogP contribution in [0.4, 0.5) is 5.00 Å². The number of nitrogens with one attached hydrogen (secondary N) is 1. The van der Waals surface area contributed by atoms with Gasteiger partial charge in [0.05, 0.1) is 23.9 Å². The first kappa shape index (κ1) is 19.6. The van der Waals surface area contributed by atoms with Crippen LogP contribution >= 0.6 is 11.3 Å². The van der Waals surface area contributed by atoms with Gasteiger partial charge < -0.3 is 10.1 Å². The SMILES string of the molecule is COC(=O)c1c(NC(=O)c2cn(C)nc2C)sc2c1CC[C@@H](C(C)(C)C)C2. The smallest absolute Gasteiger partial charge is 0.341 e. The molecule has 0 spiro atoms. The van der Waals surface area contributed by atoms with E-state index < -0.39 is 0 Å². The Balaban J connectivity index is 1.96. The first-order valence-corrected chi connectivity index (χ1v) is 9.98. The summed E-state index contributed by atoms with van der Waals surface area (Å²) in [6.45, 7) is 8.56. The maximum atomic E-state index is 12.7. The van der Waals surface area contributed by atoms with Crippen LogP contribution in [0.3, 0.4) is 0 Å². The van der Waals surface area contributed by atoms with Crippen LogP contribution in [0.15, 0.2) is 6.20 Å². The summed E-state index contributed by atoms with van der Waals surface area (Å²) in [6, 6.07) is 0. The molecule has 1 atom stereocenters. The van der Waals surface area contributed by atoms with E-state index in [9.17, 15) is 9.59 Å². The first-order chi connectivity index (χ1) is 12.6. The molecule has 0 saturated heterocycles. The van der Waals surface area contributed by atoms with Gasteiger partial charge in [-0.25, -0.2) is 4.79 Å². The highest BCUT2D eigenvalue weighted by molar-refractivity contribution is 7.17. The number of carbonyl (C=O) groups excluding carboxylic acids is 2. The van der Waals surface area contributed by atoms with Gasteiger partial charge in [-0.15, -0.1) is 11.3 Å². The monoisotopic (exact) mass is 389 g/mol. The second-order valence-electron chi connectivity index (χ2n) is 8.26. The second-order valence-corrected chi connectivity index (χ2v) is 9.37. The zero-order chi connectivity index (χ0) is 19.9. The Bertz CT molecular complexity index is 889. The topological polar surface area (TPSA) is 73.2 Å². The van der Waals surface area contributed by atoms with E-state index in [4.69, 9.17) is 4.74 Å². The molecule has 7 heteroatoms. The molecule has 0 bridgehead atoms. The van der Waals surface area contributed by atoms with E-state index in [1.165, 1.54) is 23.3 Å². The van der Waals surface area contributed by atoms with Crippen molar-refractivity contribution in [2.75, 3.05) is 12.4 Å². The van der Waals surface area contributed by atoms with E-state index in [1.54, 1.807) is 24.9 Å². The van der Waals surface area contributed by atoms with Crippen LogP contribution < -0.4 is 5.32 Å². The quantitative estimate of drug-likeness (QED) is 0.806. The number of hydrogen-bond donors (Lipinski definition) is 1. The van der Waals surface area contributed by atoms with Crippen molar-refractivity contribution >= 4 is 28.2 Å². The van der Waals surface area contributed by atoms with Gasteiger partial charge in [-0.05, 0) is 43.1 Å². The number of amides is 1. The summed E-state index contributed by atoms with van der Waals surface area (Å²) in [6.07, 6.45) is 4.48. The van der Waals surface area contributed by atoms with E-state index in [0.29, 0.717) is 27.7 Å². The lowest BCUT2D eigenvalue weighted by molar-refractivity contribution is 0.0600. The highest BCUT2D eigenvalue weighted by Gasteiger charge is 2.34. The van der Waals surface area contributed by atoms with Crippen molar-refractivity contribution in [3.8, 4) is 0 Å². The highest BCUT2D eigenvalue weighted by Crippen LogP contribution is 2.44. The Labute approximate surface area is 163 Å². The number of anilines is 1. The van der Waals surface area contributed by atoms with Gasteiger partial charge in [0.1, 0.15) is 5.00 Å². The summed E-state index contributed by atoms with van der Waals surface area (Å²) in [5, 5.41) is 7.73. The molecule has 0 fully saturated rings. The molecule has 1 amide bonds. The summed E-state index contributed by atoms with van der Waals surface area (Å²) in [7, 11) is 3.16. The summed E-state index contributed by atoms with van der Waals surface area (Å²) in [5.41, 5.74) is 2.92. The van der Waals surface area contributed by atoms with Crippen LogP contribution in [0.25, 0.3) is 0 Å². The maximum absolute atomic E-state index is 12.7. The molecule has 2 aromatic heterocycles. The second kappa shape index (κ2) is 7.11. The van der Waals surface area contributed by atoms with Crippen molar-refractivity contribution in [1.29, 1.82) is 0 Å². The minimum atomic E-state index is -0.389. The molecule has 0 saturated carbocycles.